The fraction of sp³-hybridized carbons (Fsp3) is 0.381. The molecule has 0 bridgehead atoms. The van der Waals surface area contributed by atoms with Crippen molar-refractivity contribution in [3.8, 4) is 12.3 Å². The van der Waals surface area contributed by atoms with Gasteiger partial charge in [0, 0.05) is 36.9 Å². The van der Waals surface area contributed by atoms with E-state index >= 15 is 0 Å². The fourth-order valence-corrected chi connectivity index (χ4v) is 3.97. The number of nitrogens with one attached hydrogen (secondary N) is 2. The molecule has 0 saturated heterocycles. The van der Waals surface area contributed by atoms with Gasteiger partial charge in [-0.05, 0) is 36.6 Å². The van der Waals surface area contributed by atoms with Crippen molar-refractivity contribution < 1.29 is 4.79 Å². The summed E-state index contributed by atoms with van der Waals surface area (Å²) < 4.78 is 1.88. The van der Waals surface area contributed by atoms with Crippen molar-refractivity contribution in [2.24, 2.45) is 7.05 Å². The summed E-state index contributed by atoms with van der Waals surface area (Å²) in [6, 6.07) is 3.61. The van der Waals surface area contributed by atoms with Gasteiger partial charge in [-0.25, -0.2) is 9.97 Å². The average molecular weight is 376 g/mol. The van der Waals surface area contributed by atoms with Crippen LogP contribution in [-0.4, -0.2) is 43.0 Å². The van der Waals surface area contributed by atoms with E-state index in [1.54, 1.807) is 17.4 Å². The average Bonchev–Trinajstić information content (AvgIpc) is 3.30. The second-order valence-electron chi connectivity index (χ2n) is 7.17. The van der Waals surface area contributed by atoms with Crippen molar-refractivity contribution in [3.05, 3.63) is 47.8 Å². The molecule has 0 unspecified atom stereocenters. The Morgan fingerprint density at radius 2 is 2.32 bits per heavy atom. The first-order valence-electron chi connectivity index (χ1n) is 9.59. The van der Waals surface area contributed by atoms with Gasteiger partial charge in [0.25, 0.3) is 5.91 Å². The van der Waals surface area contributed by atoms with E-state index in [2.05, 4.69) is 39.2 Å². The van der Waals surface area contributed by atoms with Crippen molar-refractivity contribution in [2.75, 3.05) is 6.54 Å². The molecule has 3 aromatic rings. The van der Waals surface area contributed by atoms with E-state index in [-0.39, 0.29) is 18.1 Å². The predicted molar refractivity (Wildman–Crippen MR) is 107 cm³/mol. The molecule has 0 fully saturated rings. The number of nitrogens with zero attached hydrogens (tertiary/aromatic N) is 4. The topological polar surface area (TPSA) is 78.8 Å². The molecule has 2 N–H and O–H groups in total. The summed E-state index contributed by atoms with van der Waals surface area (Å²) in [6.07, 6.45) is 13.6. The second kappa shape index (κ2) is 7.49. The van der Waals surface area contributed by atoms with E-state index in [1.807, 2.05) is 23.9 Å². The Balaban J connectivity index is 1.87. The SMILES string of the molecule is C#CC(=O)N1[C@@H](c2cn(C)cn2)c2[nH]c3ncccc3c2C[C@@H]1NCCCC. The highest BCUT2D eigenvalue weighted by molar-refractivity contribution is 5.94. The maximum atomic E-state index is 12.8. The lowest BCUT2D eigenvalue weighted by Crippen LogP contribution is -2.54. The minimum Gasteiger partial charge on any atom is -0.341 e. The number of imidazole rings is 1. The van der Waals surface area contributed by atoms with E-state index in [1.165, 1.54) is 0 Å². The molecule has 0 saturated carbocycles. The highest BCUT2D eigenvalue weighted by Crippen LogP contribution is 2.39. The number of carbonyl (C=O) groups excluding carboxylic acids is 1. The Bertz CT molecular complexity index is 1040. The largest absolute Gasteiger partial charge is 0.341 e. The molecule has 4 heterocycles. The molecule has 1 amide bonds. The number of H-pyrrole nitrogens is 1. The monoisotopic (exact) mass is 376 g/mol. The molecule has 2 atom stereocenters. The highest BCUT2D eigenvalue weighted by Gasteiger charge is 2.41. The van der Waals surface area contributed by atoms with Crippen molar-refractivity contribution >= 4 is 16.9 Å². The summed E-state index contributed by atoms with van der Waals surface area (Å²) >= 11 is 0. The summed E-state index contributed by atoms with van der Waals surface area (Å²) in [6.45, 7) is 2.97. The van der Waals surface area contributed by atoms with E-state index in [9.17, 15) is 4.79 Å². The minimum atomic E-state index is -0.387. The van der Waals surface area contributed by atoms with Gasteiger partial charge in [0.15, 0.2) is 0 Å². The van der Waals surface area contributed by atoms with Crippen LogP contribution in [0.4, 0.5) is 0 Å². The summed E-state index contributed by atoms with van der Waals surface area (Å²) in [7, 11) is 1.91. The van der Waals surface area contributed by atoms with Crippen LogP contribution in [0.25, 0.3) is 11.0 Å². The van der Waals surface area contributed by atoms with Gasteiger partial charge in [-0.3, -0.25) is 10.1 Å². The molecule has 144 valence electrons. The van der Waals surface area contributed by atoms with Crippen LogP contribution in [0.3, 0.4) is 0 Å². The zero-order chi connectivity index (χ0) is 19.7. The number of aromatic amines is 1. The van der Waals surface area contributed by atoms with E-state index in [0.717, 1.165) is 47.4 Å². The van der Waals surface area contributed by atoms with E-state index in [4.69, 9.17) is 6.42 Å². The number of pyridine rings is 1. The molecule has 0 radical (unpaired) electrons. The first-order valence-corrected chi connectivity index (χ1v) is 9.59. The van der Waals surface area contributed by atoms with Crippen LogP contribution in [0.15, 0.2) is 30.9 Å². The molecule has 4 rings (SSSR count). The summed E-state index contributed by atoms with van der Waals surface area (Å²) in [5, 5.41) is 4.61. The van der Waals surface area contributed by atoms with E-state index in [0.29, 0.717) is 6.42 Å². The zero-order valence-electron chi connectivity index (χ0n) is 16.1. The van der Waals surface area contributed by atoms with Crippen LogP contribution in [0, 0.1) is 12.3 Å². The zero-order valence-corrected chi connectivity index (χ0v) is 16.1. The van der Waals surface area contributed by atoms with Gasteiger partial charge in [0.05, 0.1) is 18.2 Å². The molecule has 7 nitrogen and oxygen atoms in total. The highest BCUT2D eigenvalue weighted by atomic mass is 16.2. The number of amides is 1. The van der Waals surface area contributed by atoms with Gasteiger partial charge in [0.2, 0.25) is 0 Å². The molecule has 7 heteroatoms. The van der Waals surface area contributed by atoms with Crippen LogP contribution < -0.4 is 5.32 Å². The third-order valence-electron chi connectivity index (χ3n) is 5.27. The summed E-state index contributed by atoms with van der Waals surface area (Å²) in [4.78, 5) is 27.0. The van der Waals surface area contributed by atoms with Gasteiger partial charge in [0.1, 0.15) is 11.7 Å². The van der Waals surface area contributed by atoms with Crippen LogP contribution in [0.2, 0.25) is 0 Å². The molecular formula is C21H24N6O. The number of fused-ring (bicyclic) bond motifs is 3. The lowest BCUT2D eigenvalue weighted by atomic mass is 9.93. The molecule has 0 aliphatic carbocycles. The van der Waals surface area contributed by atoms with Crippen molar-refractivity contribution in [1.82, 2.24) is 29.7 Å². The standard InChI is InChI=1S/C21H24N6O/c1-4-6-9-22-17-11-15-14-8-7-10-23-21(14)25-19(15)20(27(17)18(28)5-2)16-12-26(3)13-24-16/h2,7-8,10,12-13,17,20,22H,4,6,9,11H2,1,3H3,(H,23,25)/t17-,20+/m1/s1. The number of aromatic nitrogens is 4. The first kappa shape index (κ1) is 18.3. The van der Waals surface area contributed by atoms with Crippen LogP contribution in [0.5, 0.6) is 0 Å². The Hall–Kier alpha value is -3.11. The number of aryl methyl sites for hydroxylation is 1. The normalized spacial score (nSPS) is 18.8. The first-order chi connectivity index (χ1) is 13.6. The van der Waals surface area contributed by atoms with Gasteiger partial charge in [-0.2, -0.15) is 0 Å². The van der Waals surface area contributed by atoms with Gasteiger partial charge in [-0.15, -0.1) is 6.42 Å². The maximum Gasteiger partial charge on any atom is 0.300 e. The number of hydrogen-bond acceptors (Lipinski definition) is 4. The number of carbonyl (C=O) groups is 1. The van der Waals surface area contributed by atoms with Crippen LogP contribution in [-0.2, 0) is 18.3 Å². The minimum absolute atomic E-state index is 0.200. The number of unbranched alkanes of at least 4 members (excludes halogenated alkanes) is 1. The smallest absolute Gasteiger partial charge is 0.300 e. The summed E-state index contributed by atoms with van der Waals surface area (Å²) in [5.41, 5.74) is 3.69. The molecule has 0 spiro atoms. The molecular weight excluding hydrogens is 352 g/mol. The van der Waals surface area contributed by atoms with Gasteiger partial charge < -0.3 is 14.5 Å². The van der Waals surface area contributed by atoms with Crippen LogP contribution in [0.1, 0.15) is 42.8 Å². The lowest BCUT2D eigenvalue weighted by molar-refractivity contribution is -0.130. The Morgan fingerprint density at radius 1 is 1.46 bits per heavy atom. The fourth-order valence-electron chi connectivity index (χ4n) is 3.97. The molecule has 1 aliphatic heterocycles. The Kier molecular flexibility index (Phi) is 4.88. The predicted octanol–water partition coefficient (Wildman–Crippen LogP) is 2.12. The third-order valence-corrected chi connectivity index (χ3v) is 5.27. The lowest BCUT2D eigenvalue weighted by Gasteiger charge is -2.40. The van der Waals surface area contributed by atoms with Crippen LogP contribution >= 0.6 is 0 Å². The quantitative estimate of drug-likeness (QED) is 0.528. The number of terminal acetylenes is 1. The summed E-state index contributed by atoms with van der Waals surface area (Å²) in [5.74, 6) is 1.96. The molecule has 28 heavy (non-hydrogen) atoms. The Labute approximate surface area is 164 Å². The number of rotatable bonds is 5. The van der Waals surface area contributed by atoms with E-state index < -0.39 is 0 Å². The Morgan fingerprint density at radius 3 is 3.04 bits per heavy atom. The second-order valence-corrected chi connectivity index (χ2v) is 7.17. The molecule has 3 aromatic heterocycles. The van der Waals surface area contributed by atoms with Gasteiger partial charge >= 0.3 is 0 Å². The maximum absolute atomic E-state index is 12.8. The van der Waals surface area contributed by atoms with Gasteiger partial charge in [-0.1, -0.05) is 13.3 Å². The molecule has 1 aliphatic rings. The third kappa shape index (κ3) is 3.06. The van der Waals surface area contributed by atoms with Crippen molar-refractivity contribution in [3.63, 3.8) is 0 Å². The molecule has 0 aromatic carbocycles. The van der Waals surface area contributed by atoms with Crippen molar-refractivity contribution in [1.29, 1.82) is 0 Å². The number of hydrogen-bond donors (Lipinski definition) is 2. The van der Waals surface area contributed by atoms with Crippen molar-refractivity contribution in [2.45, 2.75) is 38.4 Å².